The Balaban J connectivity index is 2.46. The first kappa shape index (κ1) is 32.1. The van der Waals surface area contributed by atoms with Crippen molar-refractivity contribution >= 4 is 23.2 Å². The number of nitrogens with zero attached hydrogens (tertiary/aromatic N) is 1. The van der Waals surface area contributed by atoms with E-state index in [4.69, 9.17) is 33.2 Å². The maximum absolute atomic E-state index is 13.3. The maximum Gasteiger partial charge on any atom is 0.375 e. The molecule has 2 aromatic rings. The number of hydrogen-bond donors (Lipinski definition) is 0. The van der Waals surface area contributed by atoms with Gasteiger partial charge in [-0.15, -0.1) is 0 Å². The van der Waals surface area contributed by atoms with E-state index in [9.17, 15) is 24.5 Å². The molecular formula is C26H31NO13. The zero-order valence-corrected chi connectivity index (χ0v) is 22.4. The summed E-state index contributed by atoms with van der Waals surface area (Å²) in [4.78, 5) is 47.9. The van der Waals surface area contributed by atoms with E-state index in [0.29, 0.717) is 13.2 Å². The molecule has 0 radical (unpaired) electrons. The van der Waals surface area contributed by atoms with Gasteiger partial charge < -0.3 is 37.9 Å². The van der Waals surface area contributed by atoms with Crippen molar-refractivity contribution < 1.29 is 57.2 Å². The van der Waals surface area contributed by atoms with Gasteiger partial charge in [-0.2, -0.15) is 0 Å². The lowest BCUT2D eigenvalue weighted by Gasteiger charge is -2.18. The number of hydrogen-bond acceptors (Lipinski definition) is 13. The number of ketones is 2. The monoisotopic (exact) mass is 565 g/mol. The van der Waals surface area contributed by atoms with Gasteiger partial charge in [-0.3, -0.25) is 19.7 Å². The number of Topliss-reactive ketones (excluding diaryl/α,β-unsaturated/α-hetero) is 2. The van der Waals surface area contributed by atoms with Crippen LogP contribution in [-0.4, -0.2) is 83.3 Å². The molecule has 40 heavy (non-hydrogen) atoms. The first-order valence-corrected chi connectivity index (χ1v) is 12.0. The lowest BCUT2D eigenvalue weighted by molar-refractivity contribution is -0.384. The third-order valence-corrected chi connectivity index (χ3v) is 4.89. The molecule has 0 aromatic heterocycles. The molecular weight excluding hydrogens is 534 g/mol. The van der Waals surface area contributed by atoms with Crippen LogP contribution in [0.25, 0.3) is 0 Å². The Morgan fingerprint density at radius 1 is 0.825 bits per heavy atom. The van der Waals surface area contributed by atoms with Crippen LogP contribution in [0.5, 0.6) is 23.0 Å². The number of nitro groups is 1. The van der Waals surface area contributed by atoms with Crippen molar-refractivity contribution in [1.82, 2.24) is 0 Å². The summed E-state index contributed by atoms with van der Waals surface area (Å²) in [5.74, 6) is -2.94. The summed E-state index contributed by atoms with van der Waals surface area (Å²) in [5.41, 5.74) is -0.370. The van der Waals surface area contributed by atoms with Crippen molar-refractivity contribution in [3.63, 3.8) is 0 Å². The first-order valence-electron chi connectivity index (χ1n) is 12.0. The number of esters is 1. The maximum atomic E-state index is 13.3. The fourth-order valence-corrected chi connectivity index (χ4v) is 3.02. The topological polar surface area (TPSA) is 168 Å². The fraction of sp³-hybridized carbons (Fsp3) is 0.423. The average Bonchev–Trinajstić information content (AvgIpc) is 2.93. The van der Waals surface area contributed by atoms with Crippen LogP contribution in [0.2, 0.25) is 0 Å². The van der Waals surface area contributed by atoms with Crippen LogP contribution in [-0.2, 0) is 33.3 Å². The number of benzene rings is 2. The Bertz CT molecular complexity index is 1130. The second-order valence-electron chi connectivity index (χ2n) is 7.72. The van der Waals surface area contributed by atoms with Gasteiger partial charge in [-0.05, 0) is 19.1 Å². The largest absolute Gasteiger partial charge is 0.467 e. The summed E-state index contributed by atoms with van der Waals surface area (Å²) < 4.78 is 42.3. The van der Waals surface area contributed by atoms with E-state index in [2.05, 4.69) is 4.74 Å². The molecule has 0 aliphatic rings. The number of nitro benzene ring substituents is 1. The Hall–Kier alpha value is -4.11. The van der Waals surface area contributed by atoms with Crippen LogP contribution in [0.15, 0.2) is 36.4 Å². The number of non-ortho nitro benzene ring substituents is 1. The highest BCUT2D eigenvalue weighted by Crippen LogP contribution is 2.38. The summed E-state index contributed by atoms with van der Waals surface area (Å²) in [6.45, 7) is 2.07. The molecule has 218 valence electrons. The summed E-state index contributed by atoms with van der Waals surface area (Å²) in [7, 11) is 3.02. The molecule has 14 heteroatoms. The summed E-state index contributed by atoms with van der Waals surface area (Å²) in [6.07, 6.45) is -0.837. The first-order chi connectivity index (χ1) is 19.3. The lowest BCUT2D eigenvalue weighted by Crippen LogP contribution is -2.21. The van der Waals surface area contributed by atoms with Crippen molar-refractivity contribution in [2.45, 2.75) is 13.3 Å². The van der Waals surface area contributed by atoms with E-state index in [1.54, 1.807) is 0 Å². The summed E-state index contributed by atoms with van der Waals surface area (Å²) in [5, 5.41) is 11.0. The average molecular weight is 566 g/mol. The molecule has 0 N–H and O–H groups in total. The van der Waals surface area contributed by atoms with E-state index >= 15 is 0 Å². The smallest absolute Gasteiger partial charge is 0.375 e. The Morgan fingerprint density at radius 3 is 2.00 bits per heavy atom. The van der Waals surface area contributed by atoms with Gasteiger partial charge in [0.1, 0.15) is 28.6 Å². The molecule has 0 saturated carbocycles. The zero-order chi connectivity index (χ0) is 29.3. The zero-order valence-electron chi connectivity index (χ0n) is 22.4. The molecule has 14 nitrogen and oxygen atoms in total. The van der Waals surface area contributed by atoms with Gasteiger partial charge in [0.15, 0.2) is 19.4 Å². The van der Waals surface area contributed by atoms with Gasteiger partial charge in [-0.25, -0.2) is 4.79 Å². The van der Waals surface area contributed by atoms with Crippen molar-refractivity contribution in [3.8, 4) is 23.0 Å². The fourth-order valence-electron chi connectivity index (χ4n) is 3.02. The highest BCUT2D eigenvalue weighted by atomic mass is 16.7. The predicted molar refractivity (Wildman–Crippen MR) is 137 cm³/mol. The molecule has 0 unspecified atom stereocenters. The van der Waals surface area contributed by atoms with Crippen LogP contribution in [0.3, 0.4) is 0 Å². The number of carbonyl (C=O) groups excluding carboxylic acids is 3. The molecule has 0 bridgehead atoms. The molecule has 0 heterocycles. The highest BCUT2D eigenvalue weighted by Gasteiger charge is 2.27. The minimum atomic E-state index is -1.16. The van der Waals surface area contributed by atoms with Gasteiger partial charge in [-0.1, -0.05) is 0 Å². The number of carbonyl (C=O) groups is 3. The molecule has 0 atom stereocenters. The molecule has 0 aliphatic heterocycles. The molecule has 2 aromatic carbocycles. The van der Waals surface area contributed by atoms with Gasteiger partial charge in [0.2, 0.25) is 5.78 Å². The van der Waals surface area contributed by atoms with E-state index < -0.39 is 28.9 Å². The Kier molecular flexibility index (Phi) is 14.0. The molecule has 0 fully saturated rings. The third-order valence-electron chi connectivity index (χ3n) is 4.89. The molecule has 0 spiro atoms. The highest BCUT2D eigenvalue weighted by molar-refractivity contribution is 6.38. The van der Waals surface area contributed by atoms with Crippen molar-refractivity contribution in [2.24, 2.45) is 0 Å². The third kappa shape index (κ3) is 10.6. The second-order valence-corrected chi connectivity index (χ2v) is 7.72. The summed E-state index contributed by atoms with van der Waals surface area (Å²) in [6, 6.07) is 7.79. The minimum absolute atomic E-state index is 0.0427. The normalized spacial score (nSPS) is 10.6. The molecule has 0 saturated heterocycles. The van der Waals surface area contributed by atoms with Crippen molar-refractivity contribution in [2.75, 3.05) is 60.8 Å². The predicted octanol–water partition coefficient (Wildman–Crippen LogP) is 3.09. The van der Waals surface area contributed by atoms with Crippen molar-refractivity contribution in [3.05, 3.63) is 52.1 Å². The quantitative estimate of drug-likeness (QED) is 0.0336. The van der Waals surface area contributed by atoms with Gasteiger partial charge in [0.25, 0.3) is 5.69 Å². The second kappa shape index (κ2) is 17.5. The molecule has 2 rings (SSSR count). The van der Waals surface area contributed by atoms with E-state index in [1.807, 2.05) is 0 Å². The number of rotatable bonds is 20. The van der Waals surface area contributed by atoms with Crippen LogP contribution >= 0.6 is 0 Å². The Labute approximate surface area is 230 Å². The van der Waals surface area contributed by atoms with Crippen LogP contribution in [0.1, 0.15) is 23.7 Å². The lowest BCUT2D eigenvalue weighted by atomic mass is 10.0. The van der Waals surface area contributed by atoms with E-state index in [0.717, 1.165) is 0 Å². The van der Waals surface area contributed by atoms with E-state index in [1.165, 1.54) is 57.5 Å². The minimum Gasteiger partial charge on any atom is -0.467 e. The summed E-state index contributed by atoms with van der Waals surface area (Å²) >= 11 is 0. The standard InChI is InChI=1S/C26H31NO13/c1-4-37-26(30)22(29)15-21(28)25-23(39-17-36-12-10-34-3)13-20(38-16-35-11-9-33-2)14-24(25)40-19-7-5-18(6-8-19)27(31)32/h5-8,13-14H,4,9-12,15-17H2,1-3H3. The van der Waals surface area contributed by atoms with Gasteiger partial charge in [0.05, 0.1) is 44.4 Å². The molecule has 0 aliphatic carbocycles. The van der Waals surface area contributed by atoms with Gasteiger partial charge >= 0.3 is 5.97 Å². The SMILES string of the molecule is CCOC(=O)C(=O)CC(=O)c1c(OCOCCOC)cc(OCOCCOC)cc1Oc1ccc([N+](=O)[O-])cc1. The number of ether oxygens (including phenoxy) is 8. The van der Waals surface area contributed by atoms with Crippen LogP contribution in [0.4, 0.5) is 5.69 Å². The Morgan fingerprint density at radius 2 is 1.43 bits per heavy atom. The molecule has 0 amide bonds. The van der Waals surface area contributed by atoms with Gasteiger partial charge in [0, 0.05) is 38.5 Å². The van der Waals surface area contributed by atoms with Crippen LogP contribution in [0, 0.1) is 10.1 Å². The van der Waals surface area contributed by atoms with E-state index in [-0.39, 0.29) is 67.7 Å². The van der Waals surface area contributed by atoms with Crippen molar-refractivity contribution in [1.29, 1.82) is 0 Å². The van der Waals surface area contributed by atoms with Crippen LogP contribution < -0.4 is 14.2 Å². The number of methoxy groups -OCH3 is 2.